The van der Waals surface area contributed by atoms with E-state index in [1.807, 2.05) is 6.92 Å². The van der Waals surface area contributed by atoms with Crippen molar-refractivity contribution in [1.29, 1.82) is 0 Å². The molecule has 0 aliphatic heterocycles. The van der Waals surface area contributed by atoms with Crippen LogP contribution >= 0.6 is 0 Å². The Labute approximate surface area is 163 Å². The lowest BCUT2D eigenvalue weighted by molar-refractivity contribution is -0.192. The molecule has 1 atom stereocenters. The maximum absolute atomic E-state index is 14.0. The first-order valence-electron chi connectivity index (χ1n) is 9.06. The second kappa shape index (κ2) is 8.19. The number of aryl methyl sites for hydroxylation is 1. The molecule has 2 heterocycles. The van der Waals surface area contributed by atoms with Gasteiger partial charge in [-0.15, -0.1) is 10.2 Å². The van der Waals surface area contributed by atoms with Gasteiger partial charge in [0.05, 0.1) is 16.9 Å². The molecular weight excluding hydrogens is 402 g/mol. The van der Waals surface area contributed by atoms with Crippen molar-refractivity contribution in [3.63, 3.8) is 0 Å². The van der Waals surface area contributed by atoms with E-state index in [2.05, 4.69) is 15.2 Å². The highest BCUT2D eigenvalue weighted by molar-refractivity contribution is 5.68. The van der Waals surface area contributed by atoms with Gasteiger partial charge in [0.2, 0.25) is 5.89 Å². The molecule has 0 aliphatic carbocycles. The van der Waals surface area contributed by atoms with E-state index < -0.39 is 46.8 Å². The molecule has 0 spiro atoms. The predicted octanol–water partition coefficient (Wildman–Crippen LogP) is 5.83. The third kappa shape index (κ3) is 4.81. The van der Waals surface area contributed by atoms with Crippen LogP contribution in [0.3, 0.4) is 0 Å². The SMILES string of the molecule is CCCCCCC(C)(c1nc(-c2nnc(C)o2)c(N)cc1C(F)(F)F)C(F)(F)F. The van der Waals surface area contributed by atoms with Crippen LogP contribution in [0.2, 0.25) is 0 Å². The summed E-state index contributed by atoms with van der Waals surface area (Å²) >= 11 is 0. The zero-order valence-corrected chi connectivity index (χ0v) is 16.2. The van der Waals surface area contributed by atoms with Crippen molar-refractivity contribution in [2.75, 3.05) is 5.73 Å². The number of nitrogens with zero attached hydrogens (tertiary/aromatic N) is 3. The summed E-state index contributed by atoms with van der Waals surface area (Å²) in [6.07, 6.45) is -8.56. The molecule has 0 saturated heterocycles. The molecule has 0 amide bonds. The Bertz CT molecular complexity index is 846. The minimum atomic E-state index is -5.07. The Kier molecular flexibility index (Phi) is 6.48. The number of alkyl halides is 6. The number of halogens is 6. The third-order valence-corrected chi connectivity index (χ3v) is 4.76. The van der Waals surface area contributed by atoms with Crippen LogP contribution in [0, 0.1) is 6.92 Å². The number of pyridine rings is 1. The van der Waals surface area contributed by atoms with Gasteiger partial charge in [0.25, 0.3) is 5.89 Å². The summed E-state index contributed by atoms with van der Waals surface area (Å²) in [5.74, 6) is -0.272. The summed E-state index contributed by atoms with van der Waals surface area (Å²) in [6, 6.07) is 0.452. The molecule has 0 fully saturated rings. The predicted molar refractivity (Wildman–Crippen MR) is 93.8 cm³/mol. The third-order valence-electron chi connectivity index (χ3n) is 4.76. The fourth-order valence-electron chi connectivity index (χ4n) is 3.03. The molecule has 0 aromatic carbocycles. The maximum Gasteiger partial charge on any atom is 0.418 e. The van der Waals surface area contributed by atoms with Gasteiger partial charge in [-0.25, -0.2) is 4.98 Å². The van der Waals surface area contributed by atoms with E-state index in [4.69, 9.17) is 10.2 Å². The van der Waals surface area contributed by atoms with Crippen molar-refractivity contribution < 1.29 is 30.8 Å². The normalized spacial score (nSPS) is 14.8. The molecule has 162 valence electrons. The van der Waals surface area contributed by atoms with Crippen LogP contribution in [-0.4, -0.2) is 21.4 Å². The van der Waals surface area contributed by atoms with E-state index in [1.165, 1.54) is 6.92 Å². The lowest BCUT2D eigenvalue weighted by Gasteiger charge is -2.34. The van der Waals surface area contributed by atoms with Gasteiger partial charge in [-0.1, -0.05) is 32.6 Å². The summed E-state index contributed by atoms with van der Waals surface area (Å²) < 4.78 is 88.0. The average molecular weight is 424 g/mol. The lowest BCUT2D eigenvalue weighted by Crippen LogP contribution is -2.42. The molecular formula is C18H22F6N4O. The molecule has 0 aliphatic rings. The number of rotatable bonds is 7. The van der Waals surface area contributed by atoms with Gasteiger partial charge in [0, 0.05) is 6.92 Å². The first kappa shape index (κ1) is 23.0. The van der Waals surface area contributed by atoms with E-state index >= 15 is 0 Å². The Hall–Kier alpha value is -2.33. The number of nitrogen functional groups attached to an aromatic ring is 1. The zero-order valence-electron chi connectivity index (χ0n) is 16.2. The minimum Gasteiger partial charge on any atom is -0.420 e. The Morgan fingerprint density at radius 2 is 1.69 bits per heavy atom. The van der Waals surface area contributed by atoms with Crippen molar-refractivity contribution in [3.05, 3.63) is 23.2 Å². The number of anilines is 1. The molecule has 29 heavy (non-hydrogen) atoms. The molecule has 0 bridgehead atoms. The zero-order chi connectivity index (χ0) is 22.0. The van der Waals surface area contributed by atoms with Gasteiger partial charge < -0.3 is 10.2 Å². The van der Waals surface area contributed by atoms with Crippen molar-refractivity contribution in [1.82, 2.24) is 15.2 Å². The van der Waals surface area contributed by atoms with Crippen molar-refractivity contribution >= 4 is 5.69 Å². The monoisotopic (exact) mass is 424 g/mol. The number of hydrogen-bond donors (Lipinski definition) is 1. The second-order valence-electron chi connectivity index (χ2n) is 7.09. The molecule has 0 saturated carbocycles. The number of nitrogens with two attached hydrogens (primary N) is 1. The molecule has 0 radical (unpaired) electrons. The van der Waals surface area contributed by atoms with Gasteiger partial charge in [-0.2, -0.15) is 26.3 Å². The maximum atomic E-state index is 14.0. The van der Waals surface area contributed by atoms with Crippen LogP contribution in [0.15, 0.2) is 10.5 Å². The molecule has 1 unspecified atom stereocenters. The fraction of sp³-hybridized carbons (Fsp3) is 0.611. The van der Waals surface area contributed by atoms with Crippen molar-refractivity contribution in [2.24, 2.45) is 0 Å². The van der Waals surface area contributed by atoms with Crippen LogP contribution in [0.5, 0.6) is 0 Å². The first-order valence-corrected chi connectivity index (χ1v) is 9.06. The highest BCUT2D eigenvalue weighted by Crippen LogP contribution is 2.49. The minimum absolute atomic E-state index is 0.0702. The Morgan fingerprint density at radius 3 is 2.17 bits per heavy atom. The van der Waals surface area contributed by atoms with Gasteiger partial charge >= 0.3 is 12.4 Å². The van der Waals surface area contributed by atoms with E-state index in [-0.39, 0.29) is 18.2 Å². The van der Waals surface area contributed by atoms with Gasteiger partial charge in [-0.05, 0) is 19.4 Å². The van der Waals surface area contributed by atoms with E-state index in [0.29, 0.717) is 18.9 Å². The summed E-state index contributed by atoms with van der Waals surface area (Å²) in [5, 5.41) is 7.15. The van der Waals surface area contributed by atoms with Gasteiger partial charge in [0.15, 0.2) is 5.69 Å². The molecule has 2 aromatic rings. The van der Waals surface area contributed by atoms with Crippen LogP contribution in [-0.2, 0) is 11.6 Å². The second-order valence-corrected chi connectivity index (χ2v) is 7.09. The van der Waals surface area contributed by atoms with E-state index in [9.17, 15) is 26.3 Å². The van der Waals surface area contributed by atoms with Crippen LogP contribution < -0.4 is 5.73 Å². The van der Waals surface area contributed by atoms with Crippen molar-refractivity contribution in [2.45, 2.75) is 70.6 Å². The number of unbranched alkanes of at least 4 members (excludes halogenated alkanes) is 3. The molecule has 2 rings (SSSR count). The molecule has 11 heteroatoms. The number of aromatic nitrogens is 3. The van der Waals surface area contributed by atoms with Crippen LogP contribution in [0.1, 0.15) is 63.1 Å². The highest BCUT2D eigenvalue weighted by Gasteiger charge is 2.56. The summed E-state index contributed by atoms with van der Waals surface area (Å²) in [7, 11) is 0. The fourth-order valence-corrected chi connectivity index (χ4v) is 3.03. The summed E-state index contributed by atoms with van der Waals surface area (Å²) in [4.78, 5) is 3.70. The molecule has 5 nitrogen and oxygen atoms in total. The van der Waals surface area contributed by atoms with Crippen LogP contribution in [0.25, 0.3) is 11.6 Å². The largest absolute Gasteiger partial charge is 0.420 e. The standard InChI is InChI=1S/C18H22F6N4O/c1-4-5-6-7-8-16(3,18(22,23)24)14-11(17(19,20)21)9-12(25)13(26-14)15-28-27-10(2)29-15/h9H,4-8,25H2,1-3H3. The Balaban J connectivity index is 2.69. The van der Waals surface area contributed by atoms with Gasteiger partial charge in [0.1, 0.15) is 5.41 Å². The quantitative estimate of drug-likeness (QED) is 0.447. The van der Waals surface area contributed by atoms with Crippen molar-refractivity contribution in [3.8, 4) is 11.6 Å². The summed E-state index contributed by atoms with van der Waals surface area (Å²) in [6.45, 7) is 4.03. The summed E-state index contributed by atoms with van der Waals surface area (Å²) in [5.41, 5.74) is -0.754. The van der Waals surface area contributed by atoms with Gasteiger partial charge in [-0.3, -0.25) is 0 Å². The molecule has 2 N–H and O–H groups in total. The molecule has 2 aromatic heterocycles. The lowest BCUT2D eigenvalue weighted by atomic mass is 9.78. The van der Waals surface area contributed by atoms with Crippen LogP contribution in [0.4, 0.5) is 32.0 Å². The number of hydrogen-bond acceptors (Lipinski definition) is 5. The van der Waals surface area contributed by atoms with E-state index in [0.717, 1.165) is 13.3 Å². The topological polar surface area (TPSA) is 77.8 Å². The first-order chi connectivity index (χ1) is 13.3. The Morgan fingerprint density at radius 1 is 1.03 bits per heavy atom. The average Bonchev–Trinajstić information content (AvgIpc) is 3.02. The van der Waals surface area contributed by atoms with E-state index in [1.54, 1.807) is 0 Å². The smallest absolute Gasteiger partial charge is 0.418 e. The highest BCUT2D eigenvalue weighted by atomic mass is 19.4.